The van der Waals surface area contributed by atoms with Gasteiger partial charge in [-0.05, 0) is 24.1 Å². The Morgan fingerprint density at radius 2 is 1.95 bits per heavy atom. The Hall–Kier alpha value is -1.45. The molecule has 0 fully saturated rings. The summed E-state index contributed by atoms with van der Waals surface area (Å²) in [5, 5.41) is 3.36. The molecule has 0 bridgehead atoms. The number of aromatic nitrogens is 1. The fourth-order valence-electron chi connectivity index (χ4n) is 1.95. The minimum atomic E-state index is -0.353. The van der Waals surface area contributed by atoms with Crippen molar-refractivity contribution < 1.29 is 4.39 Å². The normalized spacial score (nSPS) is 10.7. The third kappa shape index (κ3) is 3.52. The van der Waals surface area contributed by atoms with E-state index < -0.39 is 0 Å². The van der Waals surface area contributed by atoms with Crippen molar-refractivity contribution >= 4 is 11.6 Å². The van der Waals surface area contributed by atoms with Crippen LogP contribution in [0.25, 0.3) is 0 Å². The molecule has 0 unspecified atom stereocenters. The summed E-state index contributed by atoms with van der Waals surface area (Å²) < 4.78 is 13.7. The quantitative estimate of drug-likeness (QED) is 0.901. The number of rotatable bonds is 5. The average Bonchev–Trinajstić information content (AvgIpc) is 2.44. The van der Waals surface area contributed by atoms with Gasteiger partial charge in [-0.15, -0.1) is 0 Å². The Morgan fingerprint density at radius 1 is 1.16 bits per heavy atom. The van der Waals surface area contributed by atoms with Crippen molar-refractivity contribution in [2.45, 2.75) is 26.4 Å². The standard InChI is InChI=1S/C15H16ClFN2/c1-2-11-6-4-8-19-14(11)10-18-9-12-5-3-7-13(16)15(12)17/h3-8,18H,2,9-10H2,1H3. The highest BCUT2D eigenvalue weighted by molar-refractivity contribution is 6.30. The topological polar surface area (TPSA) is 24.9 Å². The third-order valence-corrected chi connectivity index (χ3v) is 3.30. The molecular weight excluding hydrogens is 263 g/mol. The van der Waals surface area contributed by atoms with Gasteiger partial charge in [0.2, 0.25) is 0 Å². The van der Waals surface area contributed by atoms with Crippen molar-refractivity contribution in [2.75, 3.05) is 0 Å². The summed E-state index contributed by atoms with van der Waals surface area (Å²) >= 11 is 5.74. The molecule has 0 atom stereocenters. The van der Waals surface area contributed by atoms with Crippen LogP contribution in [0.3, 0.4) is 0 Å². The van der Waals surface area contributed by atoms with Crippen LogP contribution in [-0.4, -0.2) is 4.98 Å². The second kappa shape index (κ2) is 6.64. The molecule has 0 saturated carbocycles. The van der Waals surface area contributed by atoms with Gasteiger partial charge in [0.05, 0.1) is 10.7 Å². The fraction of sp³-hybridized carbons (Fsp3) is 0.267. The predicted molar refractivity (Wildman–Crippen MR) is 75.6 cm³/mol. The molecule has 19 heavy (non-hydrogen) atoms. The lowest BCUT2D eigenvalue weighted by molar-refractivity contribution is 0.585. The number of benzene rings is 1. The molecule has 2 aromatic rings. The molecule has 4 heteroatoms. The summed E-state index contributed by atoms with van der Waals surface area (Å²) in [7, 11) is 0. The number of aryl methyl sites for hydroxylation is 1. The zero-order chi connectivity index (χ0) is 13.7. The molecule has 100 valence electrons. The van der Waals surface area contributed by atoms with E-state index in [-0.39, 0.29) is 10.8 Å². The Morgan fingerprint density at radius 3 is 2.74 bits per heavy atom. The third-order valence-electron chi connectivity index (χ3n) is 3.00. The lowest BCUT2D eigenvalue weighted by Gasteiger charge is -2.09. The summed E-state index contributed by atoms with van der Waals surface area (Å²) in [6.45, 7) is 3.15. The smallest absolute Gasteiger partial charge is 0.146 e. The number of nitrogens with one attached hydrogen (secondary N) is 1. The summed E-state index contributed by atoms with van der Waals surface area (Å²) in [4.78, 5) is 4.34. The fourth-order valence-corrected chi connectivity index (χ4v) is 2.15. The van der Waals surface area contributed by atoms with E-state index in [1.165, 1.54) is 5.56 Å². The van der Waals surface area contributed by atoms with E-state index in [2.05, 4.69) is 23.3 Å². The Kier molecular flexibility index (Phi) is 4.88. The highest BCUT2D eigenvalue weighted by Gasteiger charge is 2.06. The van der Waals surface area contributed by atoms with Gasteiger partial charge in [-0.2, -0.15) is 0 Å². The average molecular weight is 279 g/mol. The number of hydrogen-bond acceptors (Lipinski definition) is 2. The number of hydrogen-bond donors (Lipinski definition) is 1. The van der Waals surface area contributed by atoms with Crippen molar-refractivity contribution in [3.05, 3.63) is 64.2 Å². The largest absolute Gasteiger partial charge is 0.307 e. The highest BCUT2D eigenvalue weighted by Crippen LogP contribution is 2.17. The molecular formula is C15H16ClFN2. The maximum absolute atomic E-state index is 13.7. The van der Waals surface area contributed by atoms with Crippen molar-refractivity contribution in [3.63, 3.8) is 0 Å². The van der Waals surface area contributed by atoms with Crippen LogP contribution in [0, 0.1) is 5.82 Å². The monoisotopic (exact) mass is 278 g/mol. The van der Waals surface area contributed by atoms with Gasteiger partial charge in [-0.1, -0.05) is 36.7 Å². The van der Waals surface area contributed by atoms with E-state index in [4.69, 9.17) is 11.6 Å². The van der Waals surface area contributed by atoms with Gasteiger partial charge >= 0.3 is 0 Å². The van der Waals surface area contributed by atoms with Gasteiger partial charge in [-0.3, -0.25) is 4.98 Å². The van der Waals surface area contributed by atoms with E-state index in [1.54, 1.807) is 24.4 Å². The van der Waals surface area contributed by atoms with Crippen molar-refractivity contribution in [1.29, 1.82) is 0 Å². The Balaban J connectivity index is 1.98. The molecule has 0 aliphatic carbocycles. The van der Waals surface area contributed by atoms with Gasteiger partial charge in [0.15, 0.2) is 0 Å². The zero-order valence-corrected chi connectivity index (χ0v) is 11.5. The minimum Gasteiger partial charge on any atom is -0.307 e. The summed E-state index contributed by atoms with van der Waals surface area (Å²) in [6, 6.07) is 9.02. The molecule has 1 N–H and O–H groups in total. The van der Waals surface area contributed by atoms with Crippen molar-refractivity contribution in [2.24, 2.45) is 0 Å². The lowest BCUT2D eigenvalue weighted by atomic mass is 10.1. The molecule has 2 nitrogen and oxygen atoms in total. The molecule has 0 amide bonds. The second-order valence-electron chi connectivity index (χ2n) is 4.28. The Labute approximate surface area is 117 Å². The van der Waals surface area contributed by atoms with E-state index in [0.29, 0.717) is 18.7 Å². The molecule has 1 aromatic heterocycles. The van der Waals surface area contributed by atoms with Gasteiger partial charge < -0.3 is 5.32 Å². The molecule has 0 aliphatic heterocycles. The van der Waals surface area contributed by atoms with E-state index in [1.807, 2.05) is 6.07 Å². The molecule has 0 aliphatic rings. The second-order valence-corrected chi connectivity index (χ2v) is 4.69. The van der Waals surface area contributed by atoms with Crippen LogP contribution in [0.2, 0.25) is 5.02 Å². The predicted octanol–water partition coefficient (Wildman–Crippen LogP) is 3.73. The lowest BCUT2D eigenvalue weighted by Crippen LogP contribution is -2.16. The number of pyridine rings is 1. The highest BCUT2D eigenvalue weighted by atomic mass is 35.5. The summed E-state index contributed by atoms with van der Waals surface area (Å²) in [5.41, 5.74) is 2.79. The summed E-state index contributed by atoms with van der Waals surface area (Å²) in [5.74, 6) is -0.353. The molecule has 2 rings (SSSR count). The van der Waals surface area contributed by atoms with Crippen LogP contribution in [0.1, 0.15) is 23.7 Å². The zero-order valence-electron chi connectivity index (χ0n) is 10.8. The first-order chi connectivity index (χ1) is 9.22. The van der Waals surface area contributed by atoms with E-state index in [9.17, 15) is 4.39 Å². The first kappa shape index (κ1) is 14.0. The van der Waals surface area contributed by atoms with Crippen LogP contribution < -0.4 is 5.32 Å². The van der Waals surface area contributed by atoms with Gasteiger partial charge in [-0.25, -0.2) is 4.39 Å². The minimum absolute atomic E-state index is 0.159. The molecule has 1 aromatic carbocycles. The maximum atomic E-state index is 13.7. The van der Waals surface area contributed by atoms with Crippen LogP contribution in [0.4, 0.5) is 4.39 Å². The number of halogens is 2. The first-order valence-corrected chi connectivity index (χ1v) is 6.66. The van der Waals surface area contributed by atoms with Crippen LogP contribution >= 0.6 is 11.6 Å². The van der Waals surface area contributed by atoms with Crippen LogP contribution in [0.15, 0.2) is 36.5 Å². The van der Waals surface area contributed by atoms with Crippen molar-refractivity contribution in [3.8, 4) is 0 Å². The molecule has 0 saturated heterocycles. The van der Waals surface area contributed by atoms with Crippen LogP contribution in [0.5, 0.6) is 0 Å². The van der Waals surface area contributed by atoms with Gasteiger partial charge in [0, 0.05) is 24.8 Å². The maximum Gasteiger partial charge on any atom is 0.146 e. The van der Waals surface area contributed by atoms with E-state index in [0.717, 1.165) is 12.1 Å². The first-order valence-electron chi connectivity index (χ1n) is 6.28. The molecule has 0 radical (unpaired) electrons. The SMILES string of the molecule is CCc1cccnc1CNCc1cccc(Cl)c1F. The molecule has 0 spiro atoms. The van der Waals surface area contributed by atoms with Crippen molar-refractivity contribution in [1.82, 2.24) is 10.3 Å². The summed E-state index contributed by atoms with van der Waals surface area (Å²) in [6.07, 6.45) is 2.71. The van der Waals surface area contributed by atoms with Crippen LogP contribution in [-0.2, 0) is 19.5 Å². The van der Waals surface area contributed by atoms with Gasteiger partial charge in [0.25, 0.3) is 0 Å². The Bertz CT molecular complexity index is 558. The van der Waals surface area contributed by atoms with E-state index >= 15 is 0 Å². The van der Waals surface area contributed by atoms with Gasteiger partial charge in [0.1, 0.15) is 5.82 Å². The molecule has 1 heterocycles. The number of nitrogens with zero attached hydrogens (tertiary/aromatic N) is 1.